The number of likely N-dealkylation sites (tertiary alicyclic amines) is 1. The summed E-state index contributed by atoms with van der Waals surface area (Å²) in [5, 5.41) is 20.6. The number of alkyl halides is 3. The van der Waals surface area contributed by atoms with Crippen molar-refractivity contribution in [2.45, 2.75) is 32.5 Å². The van der Waals surface area contributed by atoms with Gasteiger partial charge in [-0.2, -0.15) is 13.2 Å². The lowest BCUT2D eigenvalue weighted by Crippen LogP contribution is -2.39. The van der Waals surface area contributed by atoms with Crippen LogP contribution in [0.5, 0.6) is 0 Å². The fourth-order valence-corrected chi connectivity index (χ4v) is 3.17. The van der Waals surface area contributed by atoms with E-state index in [-0.39, 0.29) is 12.5 Å². The molecule has 1 aliphatic rings. The molecule has 0 radical (unpaired) electrons. The van der Waals surface area contributed by atoms with Gasteiger partial charge in [-0.25, -0.2) is 4.79 Å². The number of halogens is 3. The number of hydrogen-bond acceptors (Lipinski definition) is 5. The number of rotatable bonds is 4. The number of carboxylic acid groups (broad SMARTS) is 1. The van der Waals surface area contributed by atoms with E-state index in [0.717, 1.165) is 9.91 Å². The van der Waals surface area contributed by atoms with Crippen LogP contribution in [-0.2, 0) is 11.3 Å². The largest absolute Gasteiger partial charge is 0.481 e. The van der Waals surface area contributed by atoms with Gasteiger partial charge in [0.25, 0.3) is 0 Å². The molecule has 11 heteroatoms. The smallest absolute Gasteiger partial charge is 0.394 e. The first-order valence-electron chi connectivity index (χ1n) is 7.24. The molecule has 0 aromatic carbocycles. The molecule has 1 aliphatic heterocycles. The van der Waals surface area contributed by atoms with E-state index in [4.69, 9.17) is 5.11 Å². The summed E-state index contributed by atoms with van der Waals surface area (Å²) >= 11 is 1.31. The summed E-state index contributed by atoms with van der Waals surface area (Å²) in [5.74, 6) is -5.08. The van der Waals surface area contributed by atoms with Crippen molar-refractivity contribution in [2.75, 3.05) is 13.1 Å². The lowest BCUT2D eigenvalue weighted by molar-refractivity contribution is -0.187. The van der Waals surface area contributed by atoms with Gasteiger partial charge in [0.2, 0.25) is 0 Å². The quantitative estimate of drug-likeness (QED) is 0.851. The second-order valence-corrected chi connectivity index (χ2v) is 6.94. The van der Waals surface area contributed by atoms with Crippen molar-refractivity contribution in [2.24, 2.45) is 11.8 Å². The van der Waals surface area contributed by atoms with E-state index in [1.54, 1.807) is 0 Å². The predicted octanol–water partition coefficient (Wildman–Crippen LogP) is 2.07. The zero-order valence-electron chi connectivity index (χ0n) is 13.0. The van der Waals surface area contributed by atoms with Crippen LogP contribution in [0.15, 0.2) is 0 Å². The second kappa shape index (κ2) is 6.91. The van der Waals surface area contributed by atoms with Crippen LogP contribution >= 0.6 is 11.3 Å². The Labute approximate surface area is 139 Å². The molecule has 1 saturated heterocycles. The van der Waals surface area contributed by atoms with Crippen LogP contribution in [-0.4, -0.2) is 51.5 Å². The van der Waals surface area contributed by atoms with E-state index in [1.165, 1.54) is 11.3 Å². The Kier molecular flexibility index (Phi) is 5.31. The molecule has 1 fully saturated rings. The molecule has 0 saturated carbocycles. The summed E-state index contributed by atoms with van der Waals surface area (Å²) in [7, 11) is 0. The number of amides is 2. The Hall–Kier alpha value is -1.91. The molecule has 2 heterocycles. The Morgan fingerprint density at radius 2 is 2.04 bits per heavy atom. The van der Waals surface area contributed by atoms with E-state index in [0.29, 0.717) is 5.01 Å². The van der Waals surface area contributed by atoms with Crippen LogP contribution in [0.25, 0.3) is 0 Å². The van der Waals surface area contributed by atoms with Gasteiger partial charge in [-0.3, -0.25) is 4.79 Å². The number of nitrogens with zero attached hydrogens (tertiary/aromatic N) is 3. The van der Waals surface area contributed by atoms with Gasteiger partial charge in [-0.1, -0.05) is 25.2 Å². The summed E-state index contributed by atoms with van der Waals surface area (Å²) in [6.07, 6.45) is -4.66. The van der Waals surface area contributed by atoms with Crippen molar-refractivity contribution in [3.05, 3.63) is 10.0 Å². The number of hydrogen-bond donors (Lipinski definition) is 2. The molecule has 1 aromatic rings. The minimum Gasteiger partial charge on any atom is -0.481 e. The van der Waals surface area contributed by atoms with Gasteiger partial charge in [0.05, 0.1) is 18.4 Å². The highest BCUT2D eigenvalue weighted by Crippen LogP contribution is 2.37. The van der Waals surface area contributed by atoms with Gasteiger partial charge >= 0.3 is 18.2 Å². The van der Waals surface area contributed by atoms with Crippen molar-refractivity contribution in [1.29, 1.82) is 0 Å². The molecule has 0 spiro atoms. The highest BCUT2D eigenvalue weighted by Gasteiger charge is 2.53. The predicted molar refractivity (Wildman–Crippen MR) is 78.5 cm³/mol. The maximum absolute atomic E-state index is 12.9. The third-order valence-electron chi connectivity index (χ3n) is 3.71. The lowest BCUT2D eigenvalue weighted by atomic mass is 9.96. The number of carboxylic acids is 1. The van der Waals surface area contributed by atoms with E-state index in [1.807, 2.05) is 13.8 Å². The van der Waals surface area contributed by atoms with Gasteiger partial charge in [0.1, 0.15) is 10.0 Å². The molecule has 2 atom stereocenters. The summed E-state index contributed by atoms with van der Waals surface area (Å²) < 4.78 is 38.7. The highest BCUT2D eigenvalue weighted by molar-refractivity contribution is 7.11. The average Bonchev–Trinajstić information content (AvgIpc) is 3.11. The zero-order valence-corrected chi connectivity index (χ0v) is 13.8. The van der Waals surface area contributed by atoms with E-state index in [2.05, 4.69) is 15.5 Å². The highest BCUT2D eigenvalue weighted by atomic mass is 32.1. The monoisotopic (exact) mass is 366 g/mol. The Bertz CT molecular complexity index is 620. The van der Waals surface area contributed by atoms with Crippen molar-refractivity contribution >= 4 is 23.3 Å². The van der Waals surface area contributed by atoms with Crippen molar-refractivity contribution in [3.8, 4) is 0 Å². The van der Waals surface area contributed by atoms with Crippen molar-refractivity contribution in [3.63, 3.8) is 0 Å². The van der Waals surface area contributed by atoms with E-state index < -0.39 is 43.1 Å². The van der Waals surface area contributed by atoms with Gasteiger partial charge in [0.15, 0.2) is 0 Å². The Balaban J connectivity index is 1.96. The molecule has 7 nitrogen and oxygen atoms in total. The number of carbonyl (C=O) groups is 2. The van der Waals surface area contributed by atoms with E-state index in [9.17, 15) is 22.8 Å². The minimum absolute atomic E-state index is 0.0359. The molecule has 1 aromatic heterocycles. The fourth-order valence-electron chi connectivity index (χ4n) is 2.39. The summed E-state index contributed by atoms with van der Waals surface area (Å²) in [5.41, 5.74) is 0. The van der Waals surface area contributed by atoms with Gasteiger partial charge in [-0.05, 0) is 0 Å². The third kappa shape index (κ3) is 4.13. The number of carbonyl (C=O) groups excluding carboxylic acids is 1. The maximum Gasteiger partial charge on any atom is 0.394 e. The first-order valence-corrected chi connectivity index (χ1v) is 8.05. The number of nitrogens with one attached hydrogen (secondary N) is 1. The molecule has 2 rings (SSSR count). The Morgan fingerprint density at radius 1 is 1.38 bits per heavy atom. The van der Waals surface area contributed by atoms with Crippen LogP contribution in [0, 0.1) is 11.8 Å². The first kappa shape index (κ1) is 18.4. The SMILES string of the molecule is CC(C)c1nnc(CNC(=O)N2C[C@@H](C(F)(F)F)[C@H](C(=O)O)C2)s1. The van der Waals surface area contributed by atoms with Crippen LogP contribution in [0.4, 0.5) is 18.0 Å². The number of aromatic nitrogens is 2. The average molecular weight is 366 g/mol. The zero-order chi connectivity index (χ0) is 18.1. The number of aliphatic carboxylic acids is 1. The van der Waals surface area contributed by atoms with Gasteiger partial charge in [-0.15, -0.1) is 10.2 Å². The third-order valence-corrected chi connectivity index (χ3v) is 4.94. The van der Waals surface area contributed by atoms with Crippen molar-refractivity contribution < 1.29 is 27.9 Å². The molecular weight excluding hydrogens is 349 g/mol. The normalized spacial score (nSPS) is 21.3. The summed E-state index contributed by atoms with van der Waals surface area (Å²) in [6.45, 7) is 2.78. The minimum atomic E-state index is -4.66. The molecule has 24 heavy (non-hydrogen) atoms. The van der Waals surface area contributed by atoms with Crippen LogP contribution < -0.4 is 5.32 Å². The molecular formula is C13H17F3N4O3S. The fraction of sp³-hybridized carbons (Fsp3) is 0.692. The molecule has 0 bridgehead atoms. The lowest BCUT2D eigenvalue weighted by Gasteiger charge is -2.18. The van der Waals surface area contributed by atoms with Crippen LogP contribution in [0.2, 0.25) is 0 Å². The Morgan fingerprint density at radius 3 is 2.50 bits per heavy atom. The summed E-state index contributed by atoms with van der Waals surface area (Å²) in [4.78, 5) is 23.9. The molecule has 2 N–H and O–H groups in total. The molecule has 0 aliphatic carbocycles. The maximum atomic E-state index is 12.9. The van der Waals surface area contributed by atoms with Gasteiger partial charge in [0, 0.05) is 19.0 Å². The number of urea groups is 1. The summed E-state index contributed by atoms with van der Waals surface area (Å²) in [6, 6.07) is -0.741. The topological polar surface area (TPSA) is 95.4 Å². The van der Waals surface area contributed by atoms with Crippen LogP contribution in [0.1, 0.15) is 29.8 Å². The molecule has 0 unspecified atom stereocenters. The molecule has 134 valence electrons. The van der Waals surface area contributed by atoms with E-state index >= 15 is 0 Å². The van der Waals surface area contributed by atoms with Crippen LogP contribution in [0.3, 0.4) is 0 Å². The van der Waals surface area contributed by atoms with Crippen molar-refractivity contribution in [1.82, 2.24) is 20.4 Å². The standard InChI is InChI=1S/C13H17F3N4O3S/c1-6(2)10-19-18-9(24-10)3-17-12(23)20-4-7(11(21)22)8(5-20)13(14,15)16/h6-8H,3-5H2,1-2H3,(H,17,23)(H,21,22)/t7-,8-/m1/s1. The molecule has 2 amide bonds. The first-order chi connectivity index (χ1) is 11.1. The second-order valence-electron chi connectivity index (χ2n) is 5.85. The van der Waals surface area contributed by atoms with Gasteiger partial charge < -0.3 is 15.3 Å².